The van der Waals surface area contributed by atoms with Crippen molar-refractivity contribution in [3.05, 3.63) is 0 Å². The third-order valence-corrected chi connectivity index (χ3v) is 0. The summed E-state index contributed by atoms with van der Waals surface area (Å²) in [6.07, 6.45) is 0. The van der Waals surface area contributed by atoms with E-state index in [9.17, 15) is 0 Å². The zero-order valence-electron chi connectivity index (χ0n) is 3.14. The van der Waals surface area contributed by atoms with Crippen molar-refractivity contribution >= 4 is 20.8 Å². The first-order valence-corrected chi connectivity index (χ1v) is 3.45. The van der Waals surface area contributed by atoms with E-state index in [0.717, 1.165) is 0 Å². The molecule has 4 nitrogen and oxygen atoms in total. The summed E-state index contributed by atoms with van der Waals surface area (Å²) in [4.78, 5) is 0. The third-order valence-electron chi connectivity index (χ3n) is 0. The van der Waals surface area contributed by atoms with Crippen molar-refractivity contribution in [2.75, 3.05) is 0 Å². The zero-order valence-corrected chi connectivity index (χ0v) is 4.85. The maximum absolute atomic E-state index is 9.05. The fraction of sp³-hybridized carbons (Fsp3) is 0. The fourth-order valence-corrected chi connectivity index (χ4v) is 0. The summed E-state index contributed by atoms with van der Waals surface area (Å²) in [6, 6.07) is 0. The lowest BCUT2D eigenvalue weighted by Crippen LogP contribution is -1.78. The lowest BCUT2D eigenvalue weighted by molar-refractivity contribution is 0.503. The Bertz CT molecular complexity index is 124. The van der Waals surface area contributed by atoms with Crippen LogP contribution in [0, 0.1) is 11.8 Å². The summed E-state index contributed by atoms with van der Waals surface area (Å²) in [5, 5.41) is 6.50. The predicted molar refractivity (Wildman–Crippen MR) is 27.2 cm³/mol. The van der Waals surface area contributed by atoms with Crippen LogP contribution >= 0.6 is 11.7 Å². The van der Waals surface area contributed by atoms with Gasteiger partial charge in [0.05, 0.1) is 0 Å². The molecule has 0 saturated carbocycles. The lowest BCUT2D eigenvalue weighted by atomic mass is 11.9. The summed E-state index contributed by atoms with van der Waals surface area (Å²) in [5.41, 5.74) is 0. The first kappa shape index (κ1) is 9.89. The van der Waals surface area contributed by atoms with Crippen molar-refractivity contribution in [2.24, 2.45) is 0 Å². The van der Waals surface area contributed by atoms with E-state index in [0.29, 0.717) is 0 Å². The second kappa shape index (κ2) is 3.92. The molecule has 0 heterocycles. The van der Waals surface area contributed by atoms with E-state index in [1.54, 1.807) is 0 Å². The molecule has 0 atom stereocenters. The molecule has 0 amide bonds. The number of nitrogens with zero attached hydrogens (tertiary/aromatic N) is 1. The Morgan fingerprint density at radius 3 is 1.57 bits per heavy atom. The predicted octanol–water partition coefficient (Wildman–Crippen LogP) is -0.141. The molecule has 7 heavy (non-hydrogen) atoms. The minimum atomic E-state index is -3.97. The molecule has 0 aliphatic rings. The standard InChI is InChI=1S/CHN.H2O3S2/c1-2;1-5(2,3)4/h1H;(H2,1,2,3,4). The fourth-order valence-electron chi connectivity index (χ4n) is 0. The van der Waals surface area contributed by atoms with Crippen LogP contribution in [-0.2, 0) is 9.15 Å². The Balaban J connectivity index is 0. The maximum atomic E-state index is 9.05. The van der Waals surface area contributed by atoms with Gasteiger partial charge < -0.3 is 0 Å². The Labute approximate surface area is 46.3 Å². The van der Waals surface area contributed by atoms with Crippen molar-refractivity contribution in [1.82, 2.24) is 0 Å². The molecule has 0 rings (SSSR count). The van der Waals surface area contributed by atoms with Gasteiger partial charge in [-0.3, -0.25) is 4.55 Å². The highest BCUT2D eigenvalue weighted by molar-refractivity contribution is 8.61. The molecule has 0 bridgehead atoms. The van der Waals surface area contributed by atoms with Gasteiger partial charge in [-0.2, -0.15) is 8.42 Å². The van der Waals surface area contributed by atoms with E-state index in [1.165, 1.54) is 0 Å². The number of hydrogen-bond acceptors (Lipinski definition) is 3. The second-order valence-corrected chi connectivity index (χ2v) is 2.73. The van der Waals surface area contributed by atoms with Crippen LogP contribution in [0.1, 0.15) is 0 Å². The van der Waals surface area contributed by atoms with Crippen LogP contribution in [0.3, 0.4) is 0 Å². The average Bonchev–Trinajstić information content (AvgIpc) is 1.36. The van der Waals surface area contributed by atoms with Crippen molar-refractivity contribution in [3.63, 3.8) is 0 Å². The molecular weight excluding hydrogens is 138 g/mol. The van der Waals surface area contributed by atoms with Crippen molar-refractivity contribution in [3.8, 4) is 6.57 Å². The van der Waals surface area contributed by atoms with Crippen molar-refractivity contribution in [2.45, 2.75) is 0 Å². The molecule has 0 aromatic heterocycles. The second-order valence-electron chi connectivity index (χ2n) is 0.448. The molecule has 0 aliphatic carbocycles. The minimum Gasteiger partial charge on any atom is -0.277 e. The van der Waals surface area contributed by atoms with E-state index in [-0.39, 0.29) is 0 Å². The van der Waals surface area contributed by atoms with Gasteiger partial charge in [-0.15, -0.1) is 0 Å². The molecule has 0 aromatic carbocycles. The average molecular weight is 141 g/mol. The first-order valence-electron chi connectivity index (χ1n) is 0.957. The van der Waals surface area contributed by atoms with E-state index in [2.05, 4.69) is 18.2 Å². The Morgan fingerprint density at radius 2 is 1.57 bits per heavy atom. The largest absolute Gasteiger partial charge is 0.316 e. The Hall–Kier alpha value is -0.250. The number of nitriles is 1. The molecule has 0 fully saturated rings. The van der Waals surface area contributed by atoms with Gasteiger partial charge in [0, 0.05) is 6.57 Å². The van der Waals surface area contributed by atoms with E-state index in [1.807, 2.05) is 0 Å². The minimum absolute atomic E-state index is 2.65. The summed E-state index contributed by atoms with van der Waals surface area (Å²) in [5.74, 6) is 0. The van der Waals surface area contributed by atoms with Crippen LogP contribution in [0.4, 0.5) is 0 Å². The summed E-state index contributed by atoms with van der Waals surface area (Å²) < 4.78 is 25.5. The lowest BCUT2D eigenvalue weighted by Gasteiger charge is -1.67. The van der Waals surface area contributed by atoms with E-state index >= 15 is 0 Å². The van der Waals surface area contributed by atoms with Gasteiger partial charge in [0.25, 0.3) is 0 Å². The van der Waals surface area contributed by atoms with Gasteiger partial charge >= 0.3 is 9.15 Å². The molecule has 0 spiro atoms. The number of thiol groups is 1. The molecule has 0 radical (unpaired) electrons. The van der Waals surface area contributed by atoms with Gasteiger partial charge in [0.1, 0.15) is 0 Å². The number of rotatable bonds is 0. The summed E-state index contributed by atoms with van der Waals surface area (Å²) in [7, 11) is -3.97. The molecule has 0 aliphatic heterocycles. The van der Waals surface area contributed by atoms with Crippen LogP contribution in [-0.4, -0.2) is 13.0 Å². The normalized spacial score (nSPS) is 8.57. The maximum Gasteiger partial charge on any atom is 0.316 e. The molecule has 0 saturated heterocycles. The Kier molecular flexibility index (Phi) is 5.54. The van der Waals surface area contributed by atoms with Crippen LogP contribution in [0.25, 0.3) is 0 Å². The van der Waals surface area contributed by atoms with Crippen LogP contribution < -0.4 is 0 Å². The Morgan fingerprint density at radius 1 is 1.57 bits per heavy atom. The quantitative estimate of drug-likeness (QED) is 0.279. The topological polar surface area (TPSA) is 78.2 Å². The highest BCUT2D eigenvalue weighted by Crippen LogP contribution is 1.81. The van der Waals surface area contributed by atoms with Gasteiger partial charge in [-0.05, 0) is 11.7 Å². The molecule has 6 heteroatoms. The third kappa shape index (κ3) is 1290. The van der Waals surface area contributed by atoms with Gasteiger partial charge in [-0.1, -0.05) is 0 Å². The SMILES string of the molecule is C#N.O=S(=O)(O)S. The van der Waals surface area contributed by atoms with Crippen LogP contribution in [0.5, 0.6) is 0 Å². The van der Waals surface area contributed by atoms with Gasteiger partial charge in [-0.25, -0.2) is 5.26 Å². The zero-order chi connectivity index (χ0) is 6.50. The summed E-state index contributed by atoms with van der Waals surface area (Å²) >= 11 is 2.65. The molecule has 0 unspecified atom stereocenters. The smallest absolute Gasteiger partial charge is 0.277 e. The monoisotopic (exact) mass is 141 g/mol. The van der Waals surface area contributed by atoms with Crippen molar-refractivity contribution in [1.29, 1.82) is 5.26 Å². The summed E-state index contributed by atoms with van der Waals surface area (Å²) in [6.45, 7) is 3.50. The van der Waals surface area contributed by atoms with Crippen LogP contribution in [0.2, 0.25) is 0 Å². The highest BCUT2D eigenvalue weighted by Gasteiger charge is 1.83. The van der Waals surface area contributed by atoms with Crippen LogP contribution in [0.15, 0.2) is 0 Å². The molecular formula is CH3NO3S2. The van der Waals surface area contributed by atoms with E-state index in [4.69, 9.17) is 18.2 Å². The molecule has 0 aromatic rings. The van der Waals surface area contributed by atoms with Gasteiger partial charge in [0.15, 0.2) is 0 Å². The molecule has 1 N–H and O–H groups in total. The molecule has 42 valence electrons. The van der Waals surface area contributed by atoms with Gasteiger partial charge in [0.2, 0.25) is 0 Å². The first-order chi connectivity index (χ1) is 3.00. The highest BCUT2D eigenvalue weighted by atomic mass is 33.1. The number of hydrogen-bond donors (Lipinski definition) is 2. The van der Waals surface area contributed by atoms with Crippen molar-refractivity contribution < 1.29 is 13.0 Å². The van der Waals surface area contributed by atoms with E-state index < -0.39 is 9.15 Å².